The van der Waals surface area contributed by atoms with Gasteiger partial charge in [-0.2, -0.15) is 5.10 Å². The molecule has 0 saturated carbocycles. The van der Waals surface area contributed by atoms with E-state index >= 15 is 0 Å². The molecule has 0 aromatic carbocycles. The SMILES string of the molecule is CCc1cc(C(=O)N(C)C[C@@H]2C[C@H](F)CN2Cc2nccs2)n[nH]1. The molecule has 1 aliphatic rings. The van der Waals surface area contributed by atoms with Crippen LogP contribution in [0.5, 0.6) is 0 Å². The zero-order chi connectivity index (χ0) is 17.1. The largest absolute Gasteiger partial charge is 0.339 e. The van der Waals surface area contributed by atoms with Gasteiger partial charge in [0.1, 0.15) is 16.9 Å². The molecule has 6 nitrogen and oxygen atoms in total. The molecule has 0 spiro atoms. The summed E-state index contributed by atoms with van der Waals surface area (Å²) in [5, 5.41) is 9.82. The summed E-state index contributed by atoms with van der Waals surface area (Å²) >= 11 is 1.57. The molecule has 1 fully saturated rings. The van der Waals surface area contributed by atoms with Gasteiger partial charge in [0.25, 0.3) is 5.91 Å². The molecule has 1 N–H and O–H groups in total. The van der Waals surface area contributed by atoms with Crippen molar-refractivity contribution in [2.45, 2.75) is 38.5 Å². The number of carbonyl (C=O) groups excluding carboxylic acids is 1. The van der Waals surface area contributed by atoms with Crippen LogP contribution in [-0.2, 0) is 13.0 Å². The Kier molecular flexibility index (Phi) is 5.25. The minimum Gasteiger partial charge on any atom is -0.339 e. The third-order valence-corrected chi connectivity index (χ3v) is 5.13. The molecule has 2 atom stereocenters. The Morgan fingerprint density at radius 1 is 1.58 bits per heavy atom. The van der Waals surface area contributed by atoms with Crippen molar-refractivity contribution in [3.8, 4) is 0 Å². The molecule has 2 aromatic rings. The summed E-state index contributed by atoms with van der Waals surface area (Å²) in [5.41, 5.74) is 1.34. The summed E-state index contributed by atoms with van der Waals surface area (Å²) in [6, 6.07) is 1.78. The van der Waals surface area contributed by atoms with Crippen molar-refractivity contribution < 1.29 is 9.18 Å². The summed E-state index contributed by atoms with van der Waals surface area (Å²) in [4.78, 5) is 20.5. The van der Waals surface area contributed by atoms with Crippen molar-refractivity contribution in [2.24, 2.45) is 0 Å². The van der Waals surface area contributed by atoms with E-state index in [9.17, 15) is 9.18 Å². The zero-order valence-corrected chi connectivity index (χ0v) is 14.7. The van der Waals surface area contributed by atoms with Crippen molar-refractivity contribution in [3.63, 3.8) is 0 Å². The Morgan fingerprint density at radius 2 is 2.42 bits per heavy atom. The van der Waals surface area contributed by atoms with Crippen LogP contribution in [0.15, 0.2) is 17.6 Å². The number of halogens is 1. The first kappa shape index (κ1) is 17.0. The highest BCUT2D eigenvalue weighted by atomic mass is 32.1. The van der Waals surface area contributed by atoms with Gasteiger partial charge in [-0.15, -0.1) is 11.3 Å². The molecule has 3 rings (SSSR count). The molecule has 130 valence electrons. The van der Waals surface area contributed by atoms with E-state index in [1.165, 1.54) is 0 Å². The third-order valence-electron chi connectivity index (χ3n) is 4.36. The van der Waals surface area contributed by atoms with E-state index in [2.05, 4.69) is 20.1 Å². The Labute approximate surface area is 144 Å². The Morgan fingerprint density at radius 3 is 3.08 bits per heavy atom. The number of carbonyl (C=O) groups is 1. The number of amides is 1. The molecule has 0 unspecified atom stereocenters. The number of nitrogens with zero attached hydrogens (tertiary/aromatic N) is 4. The summed E-state index contributed by atoms with van der Waals surface area (Å²) in [5.74, 6) is -0.137. The van der Waals surface area contributed by atoms with Crippen LogP contribution in [-0.4, -0.2) is 63.2 Å². The maximum absolute atomic E-state index is 13.9. The molecule has 1 aliphatic heterocycles. The highest BCUT2D eigenvalue weighted by molar-refractivity contribution is 7.09. The molecule has 2 aromatic heterocycles. The number of aromatic nitrogens is 3. The fourth-order valence-corrected chi connectivity index (χ4v) is 3.70. The maximum atomic E-state index is 13.9. The second-order valence-electron chi connectivity index (χ2n) is 6.16. The fraction of sp³-hybridized carbons (Fsp3) is 0.562. The van der Waals surface area contributed by atoms with Gasteiger partial charge in [-0.3, -0.25) is 14.8 Å². The van der Waals surface area contributed by atoms with E-state index in [4.69, 9.17) is 0 Å². The molecule has 1 amide bonds. The van der Waals surface area contributed by atoms with Gasteiger partial charge in [0.05, 0.1) is 6.54 Å². The van der Waals surface area contributed by atoms with E-state index in [0.717, 1.165) is 17.1 Å². The molecular weight excluding hydrogens is 329 g/mol. The van der Waals surface area contributed by atoms with Crippen LogP contribution < -0.4 is 0 Å². The van der Waals surface area contributed by atoms with Crippen LogP contribution in [0.3, 0.4) is 0 Å². The van der Waals surface area contributed by atoms with Gasteiger partial charge >= 0.3 is 0 Å². The van der Waals surface area contributed by atoms with Crippen LogP contribution in [0.25, 0.3) is 0 Å². The topological polar surface area (TPSA) is 65.1 Å². The lowest BCUT2D eigenvalue weighted by atomic mass is 10.2. The Hall–Kier alpha value is -1.80. The highest BCUT2D eigenvalue weighted by Crippen LogP contribution is 2.24. The number of aryl methyl sites for hydroxylation is 1. The maximum Gasteiger partial charge on any atom is 0.274 e. The standard InChI is InChI=1S/C16H22FN5OS/c1-3-12-7-14(20-19-12)16(23)21(2)9-13-6-11(17)8-22(13)10-15-18-4-5-24-15/h4-5,7,11,13H,3,6,8-10H2,1-2H3,(H,19,20)/t11-,13-/m0/s1. The Bertz CT molecular complexity index is 674. The van der Waals surface area contributed by atoms with Gasteiger partial charge in [-0.25, -0.2) is 9.37 Å². The number of rotatable bonds is 6. The van der Waals surface area contributed by atoms with E-state index in [-0.39, 0.29) is 11.9 Å². The number of aromatic amines is 1. The first-order chi connectivity index (χ1) is 11.6. The van der Waals surface area contributed by atoms with Crippen LogP contribution >= 0.6 is 11.3 Å². The predicted octanol–water partition coefficient (Wildman–Crippen LogP) is 2.11. The molecule has 24 heavy (non-hydrogen) atoms. The van der Waals surface area contributed by atoms with E-state index in [0.29, 0.717) is 31.7 Å². The normalized spacial score (nSPS) is 21.3. The average molecular weight is 351 g/mol. The summed E-state index contributed by atoms with van der Waals surface area (Å²) in [6.45, 7) is 3.52. The van der Waals surface area contributed by atoms with Gasteiger partial charge in [0, 0.05) is 43.4 Å². The number of likely N-dealkylation sites (tertiary alicyclic amines) is 1. The molecule has 3 heterocycles. The number of nitrogens with one attached hydrogen (secondary N) is 1. The van der Waals surface area contributed by atoms with Gasteiger partial charge in [0.15, 0.2) is 0 Å². The zero-order valence-electron chi connectivity index (χ0n) is 13.9. The average Bonchev–Trinajstić information content (AvgIpc) is 3.29. The van der Waals surface area contributed by atoms with Crippen LogP contribution in [0.2, 0.25) is 0 Å². The van der Waals surface area contributed by atoms with Crippen LogP contribution in [0, 0.1) is 0 Å². The lowest BCUT2D eigenvalue weighted by molar-refractivity contribution is 0.0744. The number of likely N-dealkylation sites (N-methyl/N-ethyl adjacent to an activating group) is 1. The smallest absolute Gasteiger partial charge is 0.274 e. The van der Waals surface area contributed by atoms with Crippen molar-refractivity contribution in [3.05, 3.63) is 34.0 Å². The van der Waals surface area contributed by atoms with Crippen molar-refractivity contribution in [2.75, 3.05) is 20.1 Å². The quantitative estimate of drug-likeness (QED) is 0.866. The van der Waals surface area contributed by atoms with Crippen LogP contribution in [0.1, 0.15) is 34.5 Å². The molecular formula is C16H22FN5OS. The first-order valence-corrected chi connectivity index (χ1v) is 9.01. The monoisotopic (exact) mass is 351 g/mol. The molecule has 8 heteroatoms. The van der Waals surface area contributed by atoms with Gasteiger partial charge in [-0.05, 0) is 18.9 Å². The van der Waals surface area contributed by atoms with Crippen LogP contribution in [0.4, 0.5) is 4.39 Å². The van der Waals surface area contributed by atoms with E-state index in [1.54, 1.807) is 35.5 Å². The minimum atomic E-state index is -0.851. The summed E-state index contributed by atoms with van der Waals surface area (Å²) < 4.78 is 13.9. The number of hydrogen-bond acceptors (Lipinski definition) is 5. The molecule has 1 saturated heterocycles. The third kappa shape index (κ3) is 3.81. The number of alkyl halides is 1. The van der Waals surface area contributed by atoms with Crippen molar-refractivity contribution in [1.29, 1.82) is 0 Å². The molecule has 0 aliphatic carbocycles. The number of thiazole rings is 1. The fourth-order valence-electron chi connectivity index (χ4n) is 3.06. The lowest BCUT2D eigenvalue weighted by Crippen LogP contribution is -2.41. The first-order valence-electron chi connectivity index (χ1n) is 8.13. The van der Waals surface area contributed by atoms with Gasteiger partial charge in [-0.1, -0.05) is 6.92 Å². The Balaban J connectivity index is 1.63. The van der Waals surface area contributed by atoms with Gasteiger partial charge < -0.3 is 4.90 Å². The lowest BCUT2D eigenvalue weighted by Gasteiger charge is -2.27. The molecule has 0 radical (unpaired) electrons. The number of hydrogen-bond donors (Lipinski definition) is 1. The minimum absolute atomic E-state index is 0.00226. The highest BCUT2D eigenvalue weighted by Gasteiger charge is 2.34. The second-order valence-corrected chi connectivity index (χ2v) is 7.14. The second kappa shape index (κ2) is 7.40. The predicted molar refractivity (Wildman–Crippen MR) is 90.8 cm³/mol. The van der Waals surface area contributed by atoms with E-state index < -0.39 is 6.17 Å². The van der Waals surface area contributed by atoms with E-state index in [1.807, 2.05) is 12.3 Å². The van der Waals surface area contributed by atoms with Crippen molar-refractivity contribution >= 4 is 17.2 Å². The molecule has 0 bridgehead atoms. The summed E-state index contributed by atoms with van der Waals surface area (Å²) in [6.07, 6.45) is 2.16. The van der Waals surface area contributed by atoms with Crippen molar-refractivity contribution in [1.82, 2.24) is 25.0 Å². The summed E-state index contributed by atoms with van der Waals surface area (Å²) in [7, 11) is 1.75. The number of H-pyrrole nitrogens is 1. The van der Waals surface area contributed by atoms with Gasteiger partial charge in [0.2, 0.25) is 0 Å².